The number of H-pyrrole nitrogens is 1. The number of para-hydroxylation sites is 1. The number of aryl methyl sites for hydroxylation is 1. The highest BCUT2D eigenvalue weighted by molar-refractivity contribution is 5.95. The van der Waals surface area contributed by atoms with Gasteiger partial charge in [-0.15, -0.1) is 0 Å². The second kappa shape index (κ2) is 7.92. The molecule has 0 bridgehead atoms. The Hall–Kier alpha value is -3.67. The molecule has 0 radical (unpaired) electrons. The molecule has 0 saturated heterocycles. The topological polar surface area (TPSA) is 79.9 Å². The van der Waals surface area contributed by atoms with Gasteiger partial charge in [-0.1, -0.05) is 30.3 Å². The number of amides is 1. The molecule has 4 rings (SSSR count). The number of aromatic amines is 1. The maximum absolute atomic E-state index is 12.4. The van der Waals surface area contributed by atoms with E-state index >= 15 is 0 Å². The standard InChI is InChI=1S/C22H20N4O2/c1-15-8-9-16-4-3-7-19(20(16)26-15)28-13-12-25-22(27)18-6-2-5-17(14-18)21-23-10-11-24-21/h2-11,14H,12-13H2,1H3,(H,23,24)(H,25,27). The van der Waals surface area contributed by atoms with Crippen molar-refractivity contribution in [1.29, 1.82) is 0 Å². The number of rotatable bonds is 6. The Kier molecular flexibility index (Phi) is 5.01. The van der Waals surface area contributed by atoms with E-state index in [1.807, 2.05) is 55.5 Å². The first kappa shape index (κ1) is 17.7. The molecule has 0 fully saturated rings. The van der Waals surface area contributed by atoms with Gasteiger partial charge in [0.1, 0.15) is 23.7 Å². The Labute approximate surface area is 162 Å². The van der Waals surface area contributed by atoms with Crippen LogP contribution in [0.15, 0.2) is 67.0 Å². The Morgan fingerprint density at radius 2 is 2.04 bits per heavy atom. The van der Waals surface area contributed by atoms with Crippen molar-refractivity contribution in [1.82, 2.24) is 20.3 Å². The van der Waals surface area contributed by atoms with Gasteiger partial charge >= 0.3 is 0 Å². The fourth-order valence-electron chi connectivity index (χ4n) is 2.99. The zero-order valence-electron chi connectivity index (χ0n) is 15.5. The molecule has 28 heavy (non-hydrogen) atoms. The van der Waals surface area contributed by atoms with E-state index < -0.39 is 0 Å². The Morgan fingerprint density at radius 1 is 1.14 bits per heavy atom. The fourth-order valence-corrected chi connectivity index (χ4v) is 2.99. The van der Waals surface area contributed by atoms with Crippen molar-refractivity contribution in [3.8, 4) is 17.1 Å². The molecule has 0 saturated carbocycles. The molecule has 6 nitrogen and oxygen atoms in total. The molecule has 0 aliphatic heterocycles. The molecular formula is C22H20N4O2. The van der Waals surface area contributed by atoms with Crippen LogP contribution >= 0.6 is 0 Å². The number of carbonyl (C=O) groups is 1. The van der Waals surface area contributed by atoms with E-state index in [1.54, 1.807) is 18.5 Å². The van der Waals surface area contributed by atoms with E-state index in [0.717, 1.165) is 33.7 Å². The van der Waals surface area contributed by atoms with Gasteiger partial charge in [-0.25, -0.2) is 9.97 Å². The number of hydrogen-bond acceptors (Lipinski definition) is 4. The average Bonchev–Trinajstić information content (AvgIpc) is 3.26. The number of fused-ring (bicyclic) bond motifs is 1. The molecule has 140 valence electrons. The summed E-state index contributed by atoms with van der Waals surface area (Å²) in [5, 5.41) is 3.92. The third-order valence-electron chi connectivity index (χ3n) is 4.36. The third kappa shape index (κ3) is 3.86. The van der Waals surface area contributed by atoms with Gasteiger partial charge in [-0.2, -0.15) is 0 Å². The summed E-state index contributed by atoms with van der Waals surface area (Å²) in [4.78, 5) is 24.2. The lowest BCUT2D eigenvalue weighted by Crippen LogP contribution is -2.28. The minimum Gasteiger partial charge on any atom is -0.489 e. The van der Waals surface area contributed by atoms with Crippen LogP contribution in [-0.4, -0.2) is 34.0 Å². The van der Waals surface area contributed by atoms with Crippen molar-refractivity contribution in [2.45, 2.75) is 6.92 Å². The van der Waals surface area contributed by atoms with E-state index in [2.05, 4.69) is 20.3 Å². The smallest absolute Gasteiger partial charge is 0.251 e. The van der Waals surface area contributed by atoms with E-state index in [1.165, 1.54) is 0 Å². The lowest BCUT2D eigenvalue weighted by Gasteiger charge is -2.10. The molecule has 0 atom stereocenters. The van der Waals surface area contributed by atoms with Crippen LogP contribution in [0.1, 0.15) is 16.1 Å². The zero-order chi connectivity index (χ0) is 19.3. The number of nitrogens with one attached hydrogen (secondary N) is 2. The van der Waals surface area contributed by atoms with Crippen LogP contribution in [0.5, 0.6) is 5.75 Å². The Morgan fingerprint density at radius 3 is 2.89 bits per heavy atom. The van der Waals surface area contributed by atoms with E-state index in [4.69, 9.17) is 4.74 Å². The van der Waals surface area contributed by atoms with Gasteiger partial charge in [0.05, 0.1) is 6.54 Å². The summed E-state index contributed by atoms with van der Waals surface area (Å²) in [6.07, 6.45) is 3.44. The van der Waals surface area contributed by atoms with Crippen LogP contribution < -0.4 is 10.1 Å². The van der Waals surface area contributed by atoms with E-state index in [9.17, 15) is 4.79 Å². The highest BCUT2D eigenvalue weighted by Gasteiger charge is 2.08. The summed E-state index contributed by atoms with van der Waals surface area (Å²) < 4.78 is 5.85. The molecule has 4 aromatic rings. The number of nitrogens with zero attached hydrogens (tertiary/aromatic N) is 2. The van der Waals surface area contributed by atoms with Gasteiger partial charge in [0.2, 0.25) is 0 Å². The molecule has 0 aliphatic carbocycles. The quantitative estimate of drug-likeness (QED) is 0.505. The van der Waals surface area contributed by atoms with Crippen LogP contribution in [-0.2, 0) is 0 Å². The number of hydrogen-bond donors (Lipinski definition) is 2. The highest BCUT2D eigenvalue weighted by atomic mass is 16.5. The summed E-state index contributed by atoms with van der Waals surface area (Å²) in [6, 6.07) is 17.2. The van der Waals surface area contributed by atoms with Gasteiger partial charge in [0.15, 0.2) is 0 Å². The summed E-state index contributed by atoms with van der Waals surface area (Å²) in [5.41, 5.74) is 3.22. The molecule has 1 amide bonds. The molecule has 2 aromatic carbocycles. The zero-order valence-corrected chi connectivity index (χ0v) is 15.5. The first-order valence-electron chi connectivity index (χ1n) is 9.08. The predicted molar refractivity (Wildman–Crippen MR) is 108 cm³/mol. The van der Waals surface area contributed by atoms with Crippen LogP contribution in [0.25, 0.3) is 22.3 Å². The minimum absolute atomic E-state index is 0.149. The Balaban J connectivity index is 1.37. The van der Waals surface area contributed by atoms with Crippen LogP contribution in [0.2, 0.25) is 0 Å². The van der Waals surface area contributed by atoms with Crippen molar-refractivity contribution in [3.63, 3.8) is 0 Å². The van der Waals surface area contributed by atoms with Crippen molar-refractivity contribution < 1.29 is 9.53 Å². The number of imidazole rings is 1. The molecule has 2 N–H and O–H groups in total. The number of carbonyl (C=O) groups excluding carboxylic acids is 1. The van der Waals surface area contributed by atoms with Gasteiger partial charge in [-0.05, 0) is 31.2 Å². The maximum Gasteiger partial charge on any atom is 0.251 e. The van der Waals surface area contributed by atoms with Crippen LogP contribution in [0.3, 0.4) is 0 Å². The summed E-state index contributed by atoms with van der Waals surface area (Å²) in [6.45, 7) is 2.71. The summed E-state index contributed by atoms with van der Waals surface area (Å²) in [7, 11) is 0. The van der Waals surface area contributed by atoms with E-state index in [-0.39, 0.29) is 5.91 Å². The predicted octanol–water partition coefficient (Wildman–Crippen LogP) is 3.74. The first-order chi connectivity index (χ1) is 13.7. The van der Waals surface area contributed by atoms with Crippen molar-refractivity contribution in [2.75, 3.05) is 13.2 Å². The van der Waals surface area contributed by atoms with Crippen LogP contribution in [0.4, 0.5) is 0 Å². The second-order valence-electron chi connectivity index (χ2n) is 6.40. The first-order valence-corrected chi connectivity index (χ1v) is 9.08. The fraction of sp³-hybridized carbons (Fsp3) is 0.136. The normalized spacial score (nSPS) is 10.8. The lowest BCUT2D eigenvalue weighted by atomic mass is 10.1. The highest BCUT2D eigenvalue weighted by Crippen LogP contribution is 2.23. The van der Waals surface area contributed by atoms with Crippen LogP contribution in [0, 0.1) is 6.92 Å². The van der Waals surface area contributed by atoms with Gasteiger partial charge < -0.3 is 15.0 Å². The van der Waals surface area contributed by atoms with Gasteiger partial charge in [-0.3, -0.25) is 4.79 Å². The maximum atomic E-state index is 12.4. The number of aromatic nitrogens is 3. The third-order valence-corrected chi connectivity index (χ3v) is 4.36. The SMILES string of the molecule is Cc1ccc2cccc(OCCNC(=O)c3cccc(-c4ncc[nH]4)c3)c2n1. The van der Waals surface area contributed by atoms with Crippen molar-refractivity contribution in [2.24, 2.45) is 0 Å². The van der Waals surface area contributed by atoms with Gasteiger partial charge in [0.25, 0.3) is 5.91 Å². The molecular weight excluding hydrogens is 352 g/mol. The van der Waals surface area contributed by atoms with Gasteiger partial charge in [0, 0.05) is 34.6 Å². The number of pyridine rings is 1. The van der Waals surface area contributed by atoms with Crippen molar-refractivity contribution in [3.05, 3.63) is 78.2 Å². The lowest BCUT2D eigenvalue weighted by molar-refractivity contribution is 0.0947. The molecule has 0 unspecified atom stereocenters. The molecule has 6 heteroatoms. The Bertz CT molecular complexity index is 1110. The molecule has 0 aliphatic rings. The summed E-state index contributed by atoms with van der Waals surface area (Å²) in [5.74, 6) is 1.30. The summed E-state index contributed by atoms with van der Waals surface area (Å²) >= 11 is 0. The molecule has 2 heterocycles. The number of ether oxygens (including phenoxy) is 1. The average molecular weight is 372 g/mol. The monoisotopic (exact) mass is 372 g/mol. The number of benzene rings is 2. The molecule has 0 spiro atoms. The second-order valence-corrected chi connectivity index (χ2v) is 6.40. The van der Waals surface area contributed by atoms with Crippen molar-refractivity contribution >= 4 is 16.8 Å². The largest absolute Gasteiger partial charge is 0.489 e. The van der Waals surface area contributed by atoms with E-state index in [0.29, 0.717) is 18.7 Å². The minimum atomic E-state index is -0.149. The molecule has 2 aromatic heterocycles.